The summed E-state index contributed by atoms with van der Waals surface area (Å²) in [7, 11) is 0. The number of carbonyl (C=O) groups is 2. The Morgan fingerprint density at radius 2 is 2.05 bits per heavy atom. The third kappa shape index (κ3) is 2.61. The van der Waals surface area contributed by atoms with E-state index in [1.807, 2.05) is 30.3 Å². The summed E-state index contributed by atoms with van der Waals surface area (Å²) in [6.07, 6.45) is 1.03. The molecule has 1 saturated heterocycles. The molecule has 0 saturated carbocycles. The van der Waals surface area contributed by atoms with Crippen LogP contribution < -0.4 is 0 Å². The van der Waals surface area contributed by atoms with Crippen LogP contribution in [0, 0.1) is 0 Å². The number of hydrogen-bond acceptors (Lipinski definition) is 3. The quantitative estimate of drug-likeness (QED) is 0.918. The zero-order valence-electron chi connectivity index (χ0n) is 11.5. The van der Waals surface area contributed by atoms with Gasteiger partial charge >= 0.3 is 12.1 Å². The Labute approximate surface area is 118 Å². The molecule has 1 heterocycles. The molecule has 1 unspecified atom stereocenters. The second kappa shape index (κ2) is 5.94. The second-order valence-corrected chi connectivity index (χ2v) is 4.99. The zero-order valence-corrected chi connectivity index (χ0v) is 11.5. The average Bonchev–Trinajstić information content (AvgIpc) is 2.91. The fourth-order valence-corrected chi connectivity index (χ4v) is 2.68. The van der Waals surface area contributed by atoms with Crippen LogP contribution in [-0.2, 0) is 16.1 Å². The molecule has 1 aromatic rings. The molecule has 0 spiro atoms. The number of aliphatic carboxylic acids is 1. The molecule has 5 heteroatoms. The SMILES string of the molecule is CCC1(C(=O)O)CCCN1C(=O)OCc1ccccc1. The highest BCUT2D eigenvalue weighted by Crippen LogP contribution is 2.33. The number of carbonyl (C=O) groups excluding carboxylic acids is 1. The topological polar surface area (TPSA) is 66.8 Å². The lowest BCUT2D eigenvalue weighted by Gasteiger charge is -2.32. The van der Waals surface area contributed by atoms with E-state index in [4.69, 9.17) is 4.74 Å². The highest BCUT2D eigenvalue weighted by Gasteiger charge is 2.49. The number of rotatable bonds is 4. The molecule has 1 N–H and O–H groups in total. The standard InChI is InChI=1S/C15H19NO4/c1-2-15(13(17)18)9-6-10-16(15)14(19)20-11-12-7-4-3-5-8-12/h3-5,7-8H,2,6,9-11H2,1H3,(H,17,18). The Balaban J connectivity index is 2.03. The Kier molecular flexibility index (Phi) is 4.27. The third-order valence-corrected chi connectivity index (χ3v) is 3.90. The normalized spacial score (nSPS) is 21.8. The fourth-order valence-electron chi connectivity index (χ4n) is 2.68. The van der Waals surface area contributed by atoms with Gasteiger partial charge in [0.2, 0.25) is 0 Å². The summed E-state index contributed by atoms with van der Waals surface area (Å²) in [5.41, 5.74) is -0.217. The largest absolute Gasteiger partial charge is 0.479 e. The molecule has 0 bridgehead atoms. The summed E-state index contributed by atoms with van der Waals surface area (Å²) >= 11 is 0. The predicted molar refractivity (Wildman–Crippen MR) is 73.2 cm³/mol. The number of likely N-dealkylation sites (tertiary alicyclic amines) is 1. The van der Waals surface area contributed by atoms with Crippen LogP contribution >= 0.6 is 0 Å². The van der Waals surface area contributed by atoms with Crippen LogP contribution in [0.1, 0.15) is 31.7 Å². The molecule has 1 fully saturated rings. The molecule has 0 radical (unpaired) electrons. The number of benzene rings is 1. The Morgan fingerprint density at radius 1 is 1.35 bits per heavy atom. The molecule has 5 nitrogen and oxygen atoms in total. The lowest BCUT2D eigenvalue weighted by molar-refractivity contribution is -0.149. The number of carboxylic acids is 1. The van der Waals surface area contributed by atoms with Gasteiger partial charge in [0.05, 0.1) is 0 Å². The lowest BCUT2D eigenvalue weighted by Crippen LogP contribution is -2.52. The Hall–Kier alpha value is -2.04. The van der Waals surface area contributed by atoms with E-state index in [9.17, 15) is 14.7 Å². The van der Waals surface area contributed by atoms with Crippen LogP contribution in [0.4, 0.5) is 4.79 Å². The molecule has 1 aliphatic heterocycles. The van der Waals surface area contributed by atoms with Gasteiger partial charge in [-0.25, -0.2) is 9.59 Å². The average molecular weight is 277 g/mol. The van der Waals surface area contributed by atoms with Crippen molar-refractivity contribution in [2.45, 2.75) is 38.3 Å². The fraction of sp³-hybridized carbons (Fsp3) is 0.467. The second-order valence-electron chi connectivity index (χ2n) is 4.99. The third-order valence-electron chi connectivity index (χ3n) is 3.90. The van der Waals surface area contributed by atoms with Crippen LogP contribution in [0.3, 0.4) is 0 Å². The molecule has 1 amide bonds. The van der Waals surface area contributed by atoms with E-state index in [0.29, 0.717) is 25.8 Å². The molecule has 108 valence electrons. The van der Waals surface area contributed by atoms with Crippen molar-refractivity contribution in [3.63, 3.8) is 0 Å². The molecule has 20 heavy (non-hydrogen) atoms. The van der Waals surface area contributed by atoms with Crippen molar-refractivity contribution in [2.24, 2.45) is 0 Å². The number of hydrogen-bond donors (Lipinski definition) is 1. The van der Waals surface area contributed by atoms with Gasteiger partial charge in [0.1, 0.15) is 12.1 Å². The molecule has 1 atom stereocenters. The first-order chi connectivity index (χ1) is 9.60. The Morgan fingerprint density at radius 3 is 2.65 bits per heavy atom. The first-order valence-corrected chi connectivity index (χ1v) is 6.82. The van der Waals surface area contributed by atoms with E-state index in [1.54, 1.807) is 6.92 Å². The van der Waals surface area contributed by atoms with Gasteiger partial charge in [-0.3, -0.25) is 4.90 Å². The summed E-state index contributed by atoms with van der Waals surface area (Å²) in [4.78, 5) is 25.0. The van der Waals surface area contributed by atoms with Gasteiger partial charge in [-0.1, -0.05) is 37.3 Å². The smallest absolute Gasteiger partial charge is 0.411 e. The van der Waals surface area contributed by atoms with Gasteiger partial charge in [-0.2, -0.15) is 0 Å². The first-order valence-electron chi connectivity index (χ1n) is 6.82. The van der Waals surface area contributed by atoms with E-state index < -0.39 is 17.6 Å². The van der Waals surface area contributed by atoms with Gasteiger partial charge in [0.15, 0.2) is 0 Å². The summed E-state index contributed by atoms with van der Waals surface area (Å²) in [6.45, 7) is 2.39. The minimum Gasteiger partial charge on any atom is -0.479 e. The molecular formula is C15H19NO4. The summed E-state index contributed by atoms with van der Waals surface area (Å²) in [5, 5.41) is 9.42. The number of ether oxygens (including phenoxy) is 1. The first kappa shape index (κ1) is 14.4. The Bertz CT molecular complexity index is 488. The van der Waals surface area contributed by atoms with Gasteiger partial charge < -0.3 is 9.84 Å². The number of carboxylic acid groups (broad SMARTS) is 1. The van der Waals surface area contributed by atoms with Crippen LogP contribution in [0.25, 0.3) is 0 Å². The van der Waals surface area contributed by atoms with E-state index in [2.05, 4.69) is 0 Å². The van der Waals surface area contributed by atoms with Gasteiger partial charge in [0, 0.05) is 6.54 Å². The van der Waals surface area contributed by atoms with E-state index in [1.165, 1.54) is 4.90 Å². The molecule has 1 aromatic carbocycles. The van der Waals surface area contributed by atoms with E-state index in [-0.39, 0.29) is 6.61 Å². The minimum absolute atomic E-state index is 0.162. The maximum absolute atomic E-state index is 12.1. The van der Waals surface area contributed by atoms with Crippen molar-refractivity contribution in [1.29, 1.82) is 0 Å². The molecule has 0 aliphatic carbocycles. The van der Waals surface area contributed by atoms with Gasteiger partial charge in [0.25, 0.3) is 0 Å². The van der Waals surface area contributed by atoms with Crippen molar-refractivity contribution in [3.8, 4) is 0 Å². The van der Waals surface area contributed by atoms with Crippen LogP contribution in [0.2, 0.25) is 0 Å². The van der Waals surface area contributed by atoms with Gasteiger partial charge in [-0.05, 0) is 24.8 Å². The minimum atomic E-state index is -1.10. The number of amides is 1. The predicted octanol–water partition coefficient (Wildman–Crippen LogP) is 2.65. The molecule has 0 aromatic heterocycles. The molecule has 1 aliphatic rings. The summed E-state index contributed by atoms with van der Waals surface area (Å²) in [6, 6.07) is 9.35. The van der Waals surface area contributed by atoms with E-state index >= 15 is 0 Å². The maximum atomic E-state index is 12.1. The zero-order chi connectivity index (χ0) is 14.6. The van der Waals surface area contributed by atoms with Crippen molar-refractivity contribution in [3.05, 3.63) is 35.9 Å². The van der Waals surface area contributed by atoms with Crippen LogP contribution in [-0.4, -0.2) is 34.2 Å². The highest BCUT2D eigenvalue weighted by atomic mass is 16.6. The number of nitrogens with zero attached hydrogens (tertiary/aromatic N) is 1. The van der Waals surface area contributed by atoms with Crippen molar-refractivity contribution in [2.75, 3.05) is 6.54 Å². The van der Waals surface area contributed by atoms with Crippen LogP contribution in [0.15, 0.2) is 30.3 Å². The van der Waals surface area contributed by atoms with Gasteiger partial charge in [-0.15, -0.1) is 0 Å². The van der Waals surface area contributed by atoms with Crippen LogP contribution in [0.5, 0.6) is 0 Å². The van der Waals surface area contributed by atoms with E-state index in [0.717, 1.165) is 5.56 Å². The van der Waals surface area contributed by atoms with Crippen molar-refractivity contribution >= 4 is 12.1 Å². The summed E-state index contributed by atoms with van der Waals surface area (Å²) in [5.74, 6) is -0.950. The monoisotopic (exact) mass is 277 g/mol. The lowest BCUT2D eigenvalue weighted by atomic mass is 9.93. The highest BCUT2D eigenvalue weighted by molar-refractivity contribution is 5.85. The molecule has 2 rings (SSSR count). The van der Waals surface area contributed by atoms with Crippen molar-refractivity contribution < 1.29 is 19.4 Å². The van der Waals surface area contributed by atoms with Crippen molar-refractivity contribution in [1.82, 2.24) is 4.90 Å². The molecular weight excluding hydrogens is 258 g/mol. The summed E-state index contributed by atoms with van der Waals surface area (Å²) < 4.78 is 5.24. The maximum Gasteiger partial charge on any atom is 0.411 e.